The molecule has 0 aliphatic heterocycles. The number of aromatic nitrogens is 2. The summed E-state index contributed by atoms with van der Waals surface area (Å²) in [4.78, 5) is 17.6. The number of nitrogens with one attached hydrogen (secondary N) is 1. The van der Waals surface area contributed by atoms with Gasteiger partial charge < -0.3 is 10.1 Å². The molecule has 0 spiro atoms. The van der Waals surface area contributed by atoms with Crippen LogP contribution in [0, 0.1) is 5.82 Å². The molecule has 28 heavy (non-hydrogen) atoms. The summed E-state index contributed by atoms with van der Waals surface area (Å²) in [5.41, 5.74) is 2.46. The Morgan fingerprint density at radius 2 is 1.93 bits per heavy atom. The number of halogens is 1. The van der Waals surface area contributed by atoms with Gasteiger partial charge in [-0.2, -0.15) is 0 Å². The van der Waals surface area contributed by atoms with Crippen LogP contribution >= 0.6 is 11.3 Å². The van der Waals surface area contributed by atoms with Crippen LogP contribution in [0.25, 0.3) is 16.2 Å². The van der Waals surface area contributed by atoms with E-state index in [1.165, 1.54) is 23.5 Å². The summed E-state index contributed by atoms with van der Waals surface area (Å²) in [5.74, 6) is 0.426. The number of hydrogen-bond donors (Lipinski definition) is 1. The van der Waals surface area contributed by atoms with E-state index in [0.717, 1.165) is 27.7 Å². The van der Waals surface area contributed by atoms with E-state index in [2.05, 4.69) is 10.3 Å². The zero-order valence-electron chi connectivity index (χ0n) is 15.0. The lowest BCUT2D eigenvalue weighted by atomic mass is 10.2. The molecule has 1 amide bonds. The maximum absolute atomic E-state index is 13.1. The van der Waals surface area contributed by atoms with Gasteiger partial charge in [-0.05, 0) is 36.4 Å². The van der Waals surface area contributed by atoms with Gasteiger partial charge >= 0.3 is 0 Å². The number of carbonyl (C=O) groups is 1. The third-order valence-electron chi connectivity index (χ3n) is 4.20. The Labute approximate surface area is 165 Å². The zero-order chi connectivity index (χ0) is 19.3. The van der Waals surface area contributed by atoms with E-state index in [1.54, 1.807) is 12.1 Å². The molecule has 0 aliphatic carbocycles. The molecule has 0 radical (unpaired) electrons. The largest absolute Gasteiger partial charge is 0.492 e. The molecule has 5 nitrogen and oxygen atoms in total. The first kappa shape index (κ1) is 18.2. The number of ether oxygens (including phenoxy) is 1. The molecular formula is C21H18FN3O2S. The van der Waals surface area contributed by atoms with Crippen LogP contribution < -0.4 is 10.1 Å². The quantitative estimate of drug-likeness (QED) is 0.482. The average Bonchev–Trinajstić information content (AvgIpc) is 3.29. The second-order valence-electron chi connectivity index (χ2n) is 6.20. The molecule has 0 aliphatic rings. The zero-order valence-corrected chi connectivity index (χ0v) is 15.8. The molecule has 0 saturated carbocycles. The monoisotopic (exact) mass is 395 g/mol. The number of imidazole rings is 1. The molecule has 4 rings (SSSR count). The highest BCUT2D eigenvalue weighted by Gasteiger charge is 2.12. The first-order valence-corrected chi connectivity index (χ1v) is 9.73. The molecule has 7 heteroatoms. The van der Waals surface area contributed by atoms with E-state index in [4.69, 9.17) is 4.74 Å². The van der Waals surface area contributed by atoms with Gasteiger partial charge in [0.05, 0.1) is 18.7 Å². The minimum Gasteiger partial charge on any atom is -0.492 e. The predicted octanol–water partition coefficient (Wildman–Crippen LogP) is 3.94. The van der Waals surface area contributed by atoms with Gasteiger partial charge in [-0.15, -0.1) is 11.3 Å². The van der Waals surface area contributed by atoms with E-state index >= 15 is 0 Å². The lowest BCUT2D eigenvalue weighted by Crippen LogP contribution is -2.29. The van der Waals surface area contributed by atoms with Gasteiger partial charge in [0.25, 0.3) is 0 Å². The molecule has 1 N–H and O–H groups in total. The Bertz CT molecular complexity index is 1070. The first-order valence-electron chi connectivity index (χ1n) is 8.85. The van der Waals surface area contributed by atoms with Crippen molar-refractivity contribution in [1.82, 2.24) is 14.7 Å². The van der Waals surface area contributed by atoms with Crippen LogP contribution in [0.5, 0.6) is 5.75 Å². The summed E-state index contributed by atoms with van der Waals surface area (Å²) in [6, 6.07) is 15.7. The minimum absolute atomic E-state index is 0.0756. The molecular weight excluding hydrogens is 377 g/mol. The highest BCUT2D eigenvalue weighted by Crippen LogP contribution is 2.24. The molecule has 2 aromatic heterocycles. The fourth-order valence-electron chi connectivity index (χ4n) is 2.82. The van der Waals surface area contributed by atoms with Gasteiger partial charge in [0.15, 0.2) is 4.96 Å². The van der Waals surface area contributed by atoms with Gasteiger partial charge in [0.2, 0.25) is 5.91 Å². The van der Waals surface area contributed by atoms with Crippen molar-refractivity contribution in [1.29, 1.82) is 0 Å². The fourth-order valence-corrected chi connectivity index (χ4v) is 3.69. The second kappa shape index (κ2) is 8.22. The molecule has 0 bridgehead atoms. The average molecular weight is 395 g/mol. The summed E-state index contributed by atoms with van der Waals surface area (Å²) in [6.07, 6.45) is 2.13. The topological polar surface area (TPSA) is 55.6 Å². The Balaban J connectivity index is 1.35. The second-order valence-corrected chi connectivity index (χ2v) is 7.04. The lowest BCUT2D eigenvalue weighted by molar-refractivity contribution is -0.120. The number of fused-ring (bicyclic) bond motifs is 1. The third kappa shape index (κ3) is 4.20. The highest BCUT2D eigenvalue weighted by atomic mass is 32.1. The Morgan fingerprint density at radius 1 is 1.14 bits per heavy atom. The van der Waals surface area contributed by atoms with Crippen LogP contribution in [-0.4, -0.2) is 28.4 Å². The Morgan fingerprint density at radius 3 is 2.71 bits per heavy atom. The van der Waals surface area contributed by atoms with Crippen molar-refractivity contribution >= 4 is 22.2 Å². The number of rotatable bonds is 7. The summed E-state index contributed by atoms with van der Waals surface area (Å²) in [6.45, 7) is 0.848. The maximum Gasteiger partial charge on any atom is 0.226 e. The minimum atomic E-state index is -0.279. The van der Waals surface area contributed by atoms with E-state index in [0.29, 0.717) is 13.2 Å². The van der Waals surface area contributed by atoms with E-state index < -0.39 is 0 Å². The van der Waals surface area contributed by atoms with E-state index in [9.17, 15) is 9.18 Å². The summed E-state index contributed by atoms with van der Waals surface area (Å²) in [7, 11) is 0. The Hall–Kier alpha value is -3.19. The SMILES string of the molecule is O=C(Cc1csc2nc(-c3ccc(F)cc3)cn12)NCCOc1ccccc1. The van der Waals surface area contributed by atoms with Crippen LogP contribution in [0.4, 0.5) is 4.39 Å². The van der Waals surface area contributed by atoms with Gasteiger partial charge in [0.1, 0.15) is 18.2 Å². The van der Waals surface area contributed by atoms with Gasteiger partial charge in [-0.1, -0.05) is 18.2 Å². The number of hydrogen-bond acceptors (Lipinski definition) is 4. The third-order valence-corrected chi connectivity index (χ3v) is 5.09. The number of amides is 1. The van der Waals surface area contributed by atoms with Gasteiger partial charge in [0, 0.05) is 22.8 Å². The number of carbonyl (C=O) groups excluding carboxylic acids is 1. The number of benzene rings is 2. The molecule has 0 fully saturated rings. The van der Waals surface area contributed by atoms with Crippen molar-refractivity contribution in [2.24, 2.45) is 0 Å². The van der Waals surface area contributed by atoms with Crippen LogP contribution in [-0.2, 0) is 11.2 Å². The smallest absolute Gasteiger partial charge is 0.226 e. The molecule has 4 aromatic rings. The summed E-state index contributed by atoms with van der Waals surface area (Å²) < 4.78 is 20.6. The number of para-hydroxylation sites is 1. The highest BCUT2D eigenvalue weighted by molar-refractivity contribution is 7.15. The molecule has 142 valence electrons. The fraction of sp³-hybridized carbons (Fsp3) is 0.143. The standard InChI is InChI=1S/C21H18FN3O2S/c22-16-8-6-15(7-9-16)19-13-25-17(14-28-21(25)24-19)12-20(26)23-10-11-27-18-4-2-1-3-5-18/h1-9,13-14H,10-12H2,(H,23,26). The van der Waals surface area contributed by atoms with Gasteiger partial charge in [-0.3, -0.25) is 9.20 Å². The van der Waals surface area contributed by atoms with E-state index in [-0.39, 0.29) is 18.1 Å². The number of nitrogens with zero attached hydrogens (tertiary/aromatic N) is 2. The van der Waals surface area contributed by atoms with Crippen LogP contribution in [0.2, 0.25) is 0 Å². The van der Waals surface area contributed by atoms with E-state index in [1.807, 2.05) is 46.3 Å². The van der Waals surface area contributed by atoms with Crippen molar-refractivity contribution in [2.45, 2.75) is 6.42 Å². The van der Waals surface area contributed by atoms with Crippen molar-refractivity contribution in [2.75, 3.05) is 13.2 Å². The molecule has 2 heterocycles. The molecule has 0 atom stereocenters. The van der Waals surface area contributed by atoms with Crippen molar-refractivity contribution in [3.63, 3.8) is 0 Å². The van der Waals surface area contributed by atoms with Crippen molar-refractivity contribution < 1.29 is 13.9 Å². The first-order chi connectivity index (χ1) is 13.7. The molecule has 2 aromatic carbocycles. The normalized spacial score (nSPS) is 10.9. The number of thiazole rings is 1. The predicted molar refractivity (Wildman–Crippen MR) is 107 cm³/mol. The maximum atomic E-state index is 13.1. The van der Waals surface area contributed by atoms with Gasteiger partial charge in [-0.25, -0.2) is 9.37 Å². The summed E-state index contributed by atoms with van der Waals surface area (Å²) >= 11 is 1.47. The Kier molecular flexibility index (Phi) is 5.34. The van der Waals surface area contributed by atoms with Crippen molar-refractivity contribution in [3.8, 4) is 17.0 Å². The van der Waals surface area contributed by atoms with Crippen LogP contribution in [0.1, 0.15) is 5.69 Å². The van der Waals surface area contributed by atoms with Crippen LogP contribution in [0.15, 0.2) is 66.2 Å². The molecule has 0 unspecified atom stereocenters. The molecule has 0 saturated heterocycles. The lowest BCUT2D eigenvalue weighted by Gasteiger charge is -2.07. The summed E-state index contributed by atoms with van der Waals surface area (Å²) in [5, 5.41) is 4.79. The van der Waals surface area contributed by atoms with Crippen LogP contribution in [0.3, 0.4) is 0 Å². The van der Waals surface area contributed by atoms with Crippen molar-refractivity contribution in [3.05, 3.63) is 77.7 Å².